The van der Waals surface area contributed by atoms with Gasteiger partial charge in [0, 0.05) is 19.5 Å². The highest BCUT2D eigenvalue weighted by molar-refractivity contribution is 7.89. The first-order chi connectivity index (χ1) is 17.0. The summed E-state index contributed by atoms with van der Waals surface area (Å²) in [6.07, 6.45) is 1.38. The van der Waals surface area contributed by atoms with E-state index in [0.29, 0.717) is 17.2 Å². The molecule has 15 heteroatoms. The second kappa shape index (κ2) is 12.0. The topological polar surface area (TPSA) is 131 Å². The van der Waals surface area contributed by atoms with Crippen molar-refractivity contribution in [1.29, 1.82) is 0 Å². The molecule has 196 valence electrons. The highest BCUT2D eigenvalue weighted by Crippen LogP contribution is 2.38. The van der Waals surface area contributed by atoms with Crippen LogP contribution in [0.3, 0.4) is 0 Å². The van der Waals surface area contributed by atoms with Gasteiger partial charge in [-0.05, 0) is 37.1 Å². The summed E-state index contributed by atoms with van der Waals surface area (Å²) in [5.74, 6) is -2.77. The smallest absolute Gasteiger partial charge is 0.387 e. The third kappa shape index (κ3) is 6.69. The van der Waals surface area contributed by atoms with Crippen molar-refractivity contribution in [2.24, 2.45) is 0 Å². The Balaban J connectivity index is 1.91. The standard InChI is InChI=1S/C21H22ClF2N3O7S2/c1-33-20(30)12(11-25-19(29)14-8-9-16(22)35-14)26-36(31,32)15-6-4-5-13(18(15)34-21(23)24)27-10-3-2-7-17(27)28/h4-6,8-9,12,21,26H,2-3,7,10-11H2,1H3,(H,25,29)/t12-/m0/s1. The van der Waals surface area contributed by atoms with Crippen molar-refractivity contribution in [3.63, 3.8) is 0 Å². The number of benzene rings is 1. The molecule has 0 saturated carbocycles. The normalized spacial score (nSPS) is 15.0. The van der Waals surface area contributed by atoms with Crippen molar-refractivity contribution in [2.45, 2.75) is 36.8 Å². The number of rotatable bonds is 10. The van der Waals surface area contributed by atoms with E-state index in [9.17, 15) is 31.6 Å². The predicted octanol–water partition coefficient (Wildman–Crippen LogP) is 2.77. The van der Waals surface area contributed by atoms with Crippen molar-refractivity contribution < 1.29 is 41.1 Å². The number of ether oxygens (including phenoxy) is 2. The molecule has 0 aliphatic carbocycles. The quantitative estimate of drug-likeness (QED) is 0.423. The van der Waals surface area contributed by atoms with Gasteiger partial charge in [-0.3, -0.25) is 14.4 Å². The number of methoxy groups -OCH3 is 1. The molecule has 2 aromatic rings. The number of thiophene rings is 1. The van der Waals surface area contributed by atoms with Gasteiger partial charge in [0.05, 0.1) is 22.0 Å². The van der Waals surface area contributed by atoms with Crippen LogP contribution in [0.1, 0.15) is 28.9 Å². The molecule has 36 heavy (non-hydrogen) atoms. The van der Waals surface area contributed by atoms with Crippen LogP contribution in [0, 0.1) is 0 Å². The summed E-state index contributed by atoms with van der Waals surface area (Å²) in [7, 11) is -3.68. The third-order valence-electron chi connectivity index (χ3n) is 5.12. The Kier molecular flexibility index (Phi) is 9.22. The number of halogens is 3. The van der Waals surface area contributed by atoms with Crippen molar-refractivity contribution in [3.8, 4) is 5.75 Å². The van der Waals surface area contributed by atoms with E-state index in [1.807, 2.05) is 0 Å². The molecule has 2 amide bonds. The monoisotopic (exact) mass is 565 g/mol. The van der Waals surface area contributed by atoms with Gasteiger partial charge in [0.1, 0.15) is 10.9 Å². The Bertz CT molecular complexity index is 1240. The SMILES string of the molecule is COC(=O)[C@H](CNC(=O)c1ccc(Cl)s1)NS(=O)(=O)c1cccc(N2CCCCC2=O)c1OC(F)F. The molecule has 0 unspecified atom stereocenters. The van der Waals surface area contributed by atoms with Crippen LogP contribution in [0.25, 0.3) is 0 Å². The number of nitrogens with one attached hydrogen (secondary N) is 2. The Morgan fingerprint density at radius 2 is 1.97 bits per heavy atom. The number of hydrogen-bond donors (Lipinski definition) is 2. The molecule has 10 nitrogen and oxygen atoms in total. The number of alkyl halides is 2. The first-order valence-electron chi connectivity index (χ1n) is 10.6. The Labute approximate surface area is 214 Å². The van der Waals surface area contributed by atoms with E-state index in [1.165, 1.54) is 29.2 Å². The molecule has 0 spiro atoms. The molecular weight excluding hydrogens is 544 g/mol. The fourth-order valence-corrected chi connectivity index (χ4v) is 5.78. The summed E-state index contributed by atoms with van der Waals surface area (Å²) >= 11 is 6.78. The Morgan fingerprint density at radius 3 is 2.58 bits per heavy atom. The van der Waals surface area contributed by atoms with E-state index in [2.05, 4.69) is 19.5 Å². The summed E-state index contributed by atoms with van der Waals surface area (Å²) in [5, 5.41) is 2.40. The zero-order valence-electron chi connectivity index (χ0n) is 18.8. The number of para-hydroxylation sites is 1. The number of sulfonamides is 1. The van der Waals surface area contributed by atoms with Crippen molar-refractivity contribution in [1.82, 2.24) is 10.0 Å². The van der Waals surface area contributed by atoms with E-state index in [1.54, 1.807) is 0 Å². The average molecular weight is 566 g/mol. The van der Waals surface area contributed by atoms with Gasteiger partial charge in [-0.2, -0.15) is 13.5 Å². The average Bonchev–Trinajstić information content (AvgIpc) is 3.27. The number of esters is 1. The maximum atomic E-state index is 13.3. The molecular formula is C21H22ClF2N3O7S2. The minimum absolute atomic E-state index is 0.139. The summed E-state index contributed by atoms with van der Waals surface area (Å²) < 4.78 is 64.6. The second-order valence-electron chi connectivity index (χ2n) is 7.50. The van der Waals surface area contributed by atoms with Crippen molar-refractivity contribution >= 4 is 56.4 Å². The van der Waals surface area contributed by atoms with Crippen LogP contribution in [0.15, 0.2) is 35.2 Å². The summed E-state index contributed by atoms with van der Waals surface area (Å²) in [4.78, 5) is 37.6. The number of carbonyl (C=O) groups is 3. The number of amides is 2. The highest BCUT2D eigenvalue weighted by Gasteiger charge is 2.33. The molecule has 1 aliphatic rings. The molecule has 1 aromatic heterocycles. The van der Waals surface area contributed by atoms with Crippen LogP contribution in [0.5, 0.6) is 5.75 Å². The zero-order valence-corrected chi connectivity index (χ0v) is 21.2. The highest BCUT2D eigenvalue weighted by atomic mass is 35.5. The van der Waals surface area contributed by atoms with Crippen LogP contribution in [0.4, 0.5) is 14.5 Å². The van der Waals surface area contributed by atoms with E-state index in [-0.39, 0.29) is 29.4 Å². The van der Waals surface area contributed by atoms with E-state index >= 15 is 0 Å². The van der Waals surface area contributed by atoms with Gasteiger partial charge < -0.3 is 19.7 Å². The predicted molar refractivity (Wildman–Crippen MR) is 127 cm³/mol. The van der Waals surface area contributed by atoms with Crippen LogP contribution in [0.2, 0.25) is 4.34 Å². The fourth-order valence-electron chi connectivity index (χ4n) is 3.48. The van der Waals surface area contributed by atoms with Crippen molar-refractivity contribution in [3.05, 3.63) is 39.5 Å². The third-order valence-corrected chi connectivity index (χ3v) is 7.84. The molecule has 2 N–H and O–H groups in total. The van der Waals surface area contributed by atoms with E-state index < -0.39 is 51.7 Å². The van der Waals surface area contributed by atoms with Crippen molar-refractivity contribution in [2.75, 3.05) is 25.1 Å². The largest absolute Gasteiger partial charge is 0.468 e. The van der Waals surface area contributed by atoms with Crippen LogP contribution < -0.4 is 19.7 Å². The number of hydrogen-bond acceptors (Lipinski definition) is 8. The molecule has 2 heterocycles. The summed E-state index contributed by atoms with van der Waals surface area (Å²) in [5.41, 5.74) is -0.139. The summed E-state index contributed by atoms with van der Waals surface area (Å²) in [6.45, 7) is -3.72. The lowest BCUT2D eigenvalue weighted by Gasteiger charge is -2.29. The molecule has 3 rings (SSSR count). The Hall–Kier alpha value is -2.81. The van der Waals surface area contributed by atoms with E-state index in [0.717, 1.165) is 24.5 Å². The molecule has 1 atom stereocenters. The van der Waals surface area contributed by atoms with Crippen LogP contribution >= 0.6 is 22.9 Å². The lowest BCUT2D eigenvalue weighted by Crippen LogP contribution is -2.48. The van der Waals surface area contributed by atoms with E-state index in [4.69, 9.17) is 11.6 Å². The molecule has 1 aliphatic heterocycles. The maximum absolute atomic E-state index is 13.3. The molecule has 1 aromatic carbocycles. The van der Waals surface area contributed by atoms with Gasteiger partial charge in [-0.15, -0.1) is 11.3 Å². The van der Waals surface area contributed by atoms with Gasteiger partial charge in [0.2, 0.25) is 15.9 Å². The lowest BCUT2D eigenvalue weighted by molar-refractivity contribution is -0.142. The molecule has 1 fully saturated rings. The number of anilines is 1. The van der Waals surface area contributed by atoms with Gasteiger partial charge in [0.25, 0.3) is 5.91 Å². The minimum Gasteiger partial charge on any atom is -0.468 e. The number of nitrogens with zero attached hydrogens (tertiary/aromatic N) is 1. The fraction of sp³-hybridized carbons (Fsp3) is 0.381. The maximum Gasteiger partial charge on any atom is 0.387 e. The summed E-state index contributed by atoms with van der Waals surface area (Å²) in [6, 6.07) is 4.88. The molecule has 1 saturated heterocycles. The first-order valence-corrected chi connectivity index (χ1v) is 13.2. The second-order valence-corrected chi connectivity index (χ2v) is 10.9. The zero-order chi connectivity index (χ0) is 26.5. The number of carbonyl (C=O) groups excluding carboxylic acids is 3. The van der Waals surface area contributed by atoms with Gasteiger partial charge in [-0.25, -0.2) is 8.42 Å². The van der Waals surface area contributed by atoms with Crippen LogP contribution in [-0.4, -0.2) is 59.1 Å². The first kappa shape index (κ1) is 27.8. The van der Waals surface area contributed by atoms with Crippen LogP contribution in [-0.2, 0) is 24.3 Å². The number of piperidine rings is 1. The Morgan fingerprint density at radius 1 is 1.22 bits per heavy atom. The molecule has 0 bridgehead atoms. The minimum atomic E-state index is -4.69. The van der Waals surface area contributed by atoms with Gasteiger partial charge in [0.15, 0.2) is 5.75 Å². The molecule has 0 radical (unpaired) electrons. The lowest BCUT2D eigenvalue weighted by atomic mass is 10.1. The van der Waals surface area contributed by atoms with Gasteiger partial charge >= 0.3 is 12.6 Å². The van der Waals surface area contributed by atoms with Gasteiger partial charge in [-0.1, -0.05) is 17.7 Å².